The van der Waals surface area contributed by atoms with Crippen molar-refractivity contribution in [3.63, 3.8) is 0 Å². The first-order valence-corrected chi connectivity index (χ1v) is 6.91. The largest absolute Gasteiger partial charge is 0.389 e. The first kappa shape index (κ1) is 14.4. The lowest BCUT2D eigenvalue weighted by Crippen LogP contribution is -2.45. The van der Waals surface area contributed by atoms with Crippen LogP contribution in [0.25, 0.3) is 0 Å². The van der Waals surface area contributed by atoms with Crippen LogP contribution < -0.4 is 0 Å². The molecule has 1 aromatic rings. The number of piperidine rings is 1. The first-order chi connectivity index (χ1) is 9.02. The zero-order valence-corrected chi connectivity index (χ0v) is 11.3. The van der Waals surface area contributed by atoms with Gasteiger partial charge in [-0.15, -0.1) is 0 Å². The van der Waals surface area contributed by atoms with Gasteiger partial charge in [0.1, 0.15) is 0 Å². The van der Waals surface area contributed by atoms with Crippen LogP contribution in [0.4, 0.5) is 8.78 Å². The smallest absolute Gasteiger partial charge is 0.159 e. The molecule has 1 aliphatic rings. The van der Waals surface area contributed by atoms with Gasteiger partial charge in [0.2, 0.25) is 0 Å². The summed E-state index contributed by atoms with van der Waals surface area (Å²) in [5.74, 6) is -1.68. The molecule has 0 bridgehead atoms. The SMILES string of the molecule is CCCN1CCC(O)(Cc2ccc(F)c(F)c2)CC1. The number of hydrogen-bond acceptors (Lipinski definition) is 2. The predicted octanol–water partition coefficient (Wildman–Crippen LogP) is 2.74. The molecular formula is C15H21F2NO. The topological polar surface area (TPSA) is 23.5 Å². The highest BCUT2D eigenvalue weighted by molar-refractivity contribution is 5.20. The van der Waals surface area contributed by atoms with Gasteiger partial charge < -0.3 is 10.0 Å². The van der Waals surface area contributed by atoms with E-state index in [2.05, 4.69) is 11.8 Å². The van der Waals surface area contributed by atoms with Crippen LogP contribution in [0.5, 0.6) is 0 Å². The van der Waals surface area contributed by atoms with Crippen molar-refractivity contribution < 1.29 is 13.9 Å². The van der Waals surface area contributed by atoms with Crippen LogP contribution in [0.1, 0.15) is 31.7 Å². The van der Waals surface area contributed by atoms with Gasteiger partial charge in [-0.25, -0.2) is 8.78 Å². The number of benzene rings is 1. The minimum absolute atomic E-state index is 0.393. The van der Waals surface area contributed by atoms with E-state index >= 15 is 0 Å². The maximum absolute atomic E-state index is 13.2. The molecular weight excluding hydrogens is 248 g/mol. The second kappa shape index (κ2) is 5.97. The van der Waals surface area contributed by atoms with Gasteiger partial charge in [0.15, 0.2) is 11.6 Å². The van der Waals surface area contributed by atoms with E-state index in [1.807, 2.05) is 0 Å². The third-order valence-corrected chi connectivity index (χ3v) is 3.84. The molecule has 1 fully saturated rings. The molecule has 1 aromatic carbocycles. The Morgan fingerprint density at radius 1 is 1.21 bits per heavy atom. The molecule has 0 saturated carbocycles. The van der Waals surface area contributed by atoms with Crippen molar-refractivity contribution in [2.45, 2.75) is 38.2 Å². The Hall–Kier alpha value is -1.00. The van der Waals surface area contributed by atoms with E-state index in [0.717, 1.165) is 32.1 Å². The van der Waals surface area contributed by atoms with Crippen molar-refractivity contribution in [2.24, 2.45) is 0 Å². The lowest BCUT2D eigenvalue weighted by atomic mass is 9.85. The number of halogens is 2. The second-order valence-electron chi connectivity index (χ2n) is 5.49. The molecule has 0 radical (unpaired) electrons. The molecule has 1 heterocycles. The number of rotatable bonds is 4. The summed E-state index contributed by atoms with van der Waals surface area (Å²) in [4.78, 5) is 2.33. The molecule has 2 nitrogen and oxygen atoms in total. The molecule has 0 unspecified atom stereocenters. The Labute approximate surface area is 113 Å². The Bertz CT molecular complexity index is 428. The Morgan fingerprint density at radius 3 is 2.47 bits per heavy atom. The number of likely N-dealkylation sites (tertiary alicyclic amines) is 1. The highest BCUT2D eigenvalue weighted by atomic mass is 19.2. The Kier molecular flexibility index (Phi) is 4.53. The highest BCUT2D eigenvalue weighted by Crippen LogP contribution is 2.27. The van der Waals surface area contributed by atoms with Crippen LogP contribution >= 0.6 is 0 Å². The van der Waals surface area contributed by atoms with Gasteiger partial charge >= 0.3 is 0 Å². The normalized spacial score (nSPS) is 19.6. The summed E-state index contributed by atoms with van der Waals surface area (Å²) < 4.78 is 26.0. The summed E-state index contributed by atoms with van der Waals surface area (Å²) in [6.07, 6.45) is 2.88. The van der Waals surface area contributed by atoms with Crippen LogP contribution in [0.2, 0.25) is 0 Å². The third-order valence-electron chi connectivity index (χ3n) is 3.84. The Morgan fingerprint density at radius 2 is 1.89 bits per heavy atom. The maximum atomic E-state index is 13.2. The Balaban J connectivity index is 1.96. The quantitative estimate of drug-likeness (QED) is 0.908. The van der Waals surface area contributed by atoms with Gasteiger partial charge in [-0.2, -0.15) is 0 Å². The number of nitrogens with zero attached hydrogens (tertiary/aromatic N) is 1. The molecule has 1 saturated heterocycles. The molecule has 106 valence electrons. The number of aliphatic hydroxyl groups is 1. The minimum atomic E-state index is -0.843. The average Bonchev–Trinajstić information content (AvgIpc) is 2.37. The molecule has 4 heteroatoms. The molecule has 0 amide bonds. The van der Waals surface area contributed by atoms with Gasteiger partial charge in [-0.1, -0.05) is 13.0 Å². The van der Waals surface area contributed by atoms with Crippen LogP contribution in [0.15, 0.2) is 18.2 Å². The molecule has 19 heavy (non-hydrogen) atoms. The van der Waals surface area contributed by atoms with Gasteiger partial charge in [-0.05, 0) is 43.5 Å². The summed E-state index contributed by atoms with van der Waals surface area (Å²) in [5, 5.41) is 10.5. The summed E-state index contributed by atoms with van der Waals surface area (Å²) >= 11 is 0. The molecule has 1 aliphatic heterocycles. The first-order valence-electron chi connectivity index (χ1n) is 6.91. The van der Waals surface area contributed by atoms with Gasteiger partial charge in [-0.3, -0.25) is 0 Å². The predicted molar refractivity (Wildman–Crippen MR) is 71.0 cm³/mol. The van der Waals surface area contributed by atoms with Crippen LogP contribution in [-0.2, 0) is 6.42 Å². The fraction of sp³-hybridized carbons (Fsp3) is 0.600. The average molecular weight is 269 g/mol. The van der Waals surface area contributed by atoms with E-state index in [0.29, 0.717) is 24.8 Å². The summed E-state index contributed by atoms with van der Waals surface area (Å²) in [6, 6.07) is 3.86. The van der Waals surface area contributed by atoms with Gasteiger partial charge in [0.25, 0.3) is 0 Å². The van der Waals surface area contributed by atoms with Crippen LogP contribution in [0, 0.1) is 11.6 Å². The lowest BCUT2D eigenvalue weighted by Gasteiger charge is -2.38. The second-order valence-corrected chi connectivity index (χ2v) is 5.49. The van der Waals surface area contributed by atoms with Crippen LogP contribution in [0.3, 0.4) is 0 Å². The summed E-state index contributed by atoms with van der Waals surface area (Å²) in [7, 11) is 0. The highest BCUT2D eigenvalue weighted by Gasteiger charge is 2.32. The zero-order chi connectivity index (χ0) is 13.9. The van der Waals surface area contributed by atoms with E-state index in [-0.39, 0.29) is 0 Å². The molecule has 0 spiro atoms. The number of hydrogen-bond donors (Lipinski definition) is 1. The summed E-state index contributed by atoms with van der Waals surface area (Å²) in [5.41, 5.74) is -0.125. The molecule has 2 rings (SSSR count). The van der Waals surface area contributed by atoms with E-state index in [1.165, 1.54) is 6.07 Å². The molecule has 1 N–H and O–H groups in total. The van der Waals surface area contributed by atoms with E-state index < -0.39 is 17.2 Å². The maximum Gasteiger partial charge on any atom is 0.159 e. The minimum Gasteiger partial charge on any atom is -0.389 e. The van der Waals surface area contributed by atoms with Crippen LogP contribution in [-0.4, -0.2) is 35.2 Å². The van der Waals surface area contributed by atoms with Gasteiger partial charge in [0, 0.05) is 19.5 Å². The van der Waals surface area contributed by atoms with Crippen molar-refractivity contribution in [3.05, 3.63) is 35.4 Å². The zero-order valence-electron chi connectivity index (χ0n) is 11.3. The van der Waals surface area contributed by atoms with Crippen molar-refractivity contribution >= 4 is 0 Å². The van der Waals surface area contributed by atoms with Gasteiger partial charge in [0.05, 0.1) is 5.60 Å². The fourth-order valence-electron chi connectivity index (χ4n) is 2.72. The summed E-state index contributed by atoms with van der Waals surface area (Å²) in [6.45, 7) is 4.94. The standard InChI is InChI=1S/C15H21F2NO/c1-2-7-18-8-5-15(19,6-9-18)11-12-3-4-13(16)14(17)10-12/h3-4,10,19H,2,5-9,11H2,1H3. The van der Waals surface area contributed by atoms with Crippen molar-refractivity contribution in [1.82, 2.24) is 4.90 Å². The van der Waals surface area contributed by atoms with Crippen molar-refractivity contribution in [2.75, 3.05) is 19.6 Å². The van der Waals surface area contributed by atoms with E-state index in [1.54, 1.807) is 6.07 Å². The molecule has 0 aliphatic carbocycles. The fourth-order valence-corrected chi connectivity index (χ4v) is 2.72. The van der Waals surface area contributed by atoms with Crippen molar-refractivity contribution in [3.8, 4) is 0 Å². The monoisotopic (exact) mass is 269 g/mol. The molecule has 0 atom stereocenters. The van der Waals surface area contributed by atoms with E-state index in [9.17, 15) is 13.9 Å². The van der Waals surface area contributed by atoms with Crippen molar-refractivity contribution in [1.29, 1.82) is 0 Å². The van der Waals surface area contributed by atoms with E-state index in [4.69, 9.17) is 0 Å². The lowest BCUT2D eigenvalue weighted by molar-refractivity contribution is -0.0205. The molecule has 0 aromatic heterocycles. The third kappa shape index (κ3) is 3.74.